The van der Waals surface area contributed by atoms with Gasteiger partial charge in [-0.15, -0.1) is 0 Å². The van der Waals surface area contributed by atoms with Crippen molar-refractivity contribution >= 4 is 17.0 Å². The second-order valence-electron chi connectivity index (χ2n) is 4.37. The number of nitrogen functional groups attached to an aromatic ring is 1. The molecule has 1 aromatic carbocycles. The molecule has 0 amide bonds. The van der Waals surface area contributed by atoms with Crippen molar-refractivity contribution in [2.75, 3.05) is 18.2 Å². The quantitative estimate of drug-likeness (QED) is 0.708. The Morgan fingerprint density at radius 2 is 2.20 bits per heavy atom. The van der Waals surface area contributed by atoms with E-state index in [0.717, 1.165) is 16.9 Å². The summed E-state index contributed by atoms with van der Waals surface area (Å²) in [7, 11) is 1.61. The normalized spacial score (nSPS) is 10.7. The average Bonchev–Trinajstić information content (AvgIpc) is 2.94. The van der Waals surface area contributed by atoms with Gasteiger partial charge in [-0.25, -0.2) is 9.50 Å². The summed E-state index contributed by atoms with van der Waals surface area (Å²) in [6, 6.07) is 7.64. The minimum atomic E-state index is 0.627. The van der Waals surface area contributed by atoms with Crippen LogP contribution < -0.4 is 15.8 Å². The Kier molecular flexibility index (Phi) is 3.12. The number of ether oxygens (including phenoxy) is 1. The first-order valence-electron chi connectivity index (χ1n) is 6.22. The standard InChI is InChI=1S/C14H15N5O/c1-20-13-3-2-10(8-11(13)15)9-17-14-12-4-5-18-19(12)7-6-16-14/h2-8H,9,15H2,1H3,(H,16,17). The maximum Gasteiger partial charge on any atom is 0.152 e. The Morgan fingerprint density at radius 1 is 1.30 bits per heavy atom. The molecule has 0 aliphatic rings. The number of benzene rings is 1. The van der Waals surface area contributed by atoms with Gasteiger partial charge in [0.1, 0.15) is 11.3 Å². The number of fused-ring (bicyclic) bond motifs is 1. The minimum absolute atomic E-state index is 0.627. The molecule has 6 nitrogen and oxygen atoms in total. The first kappa shape index (κ1) is 12.3. The van der Waals surface area contributed by atoms with E-state index in [1.54, 1.807) is 24.0 Å². The van der Waals surface area contributed by atoms with Crippen LogP contribution in [0.1, 0.15) is 5.56 Å². The molecular weight excluding hydrogens is 254 g/mol. The van der Waals surface area contributed by atoms with E-state index in [2.05, 4.69) is 15.4 Å². The van der Waals surface area contributed by atoms with Crippen LogP contribution in [0.5, 0.6) is 5.75 Å². The van der Waals surface area contributed by atoms with Crippen LogP contribution >= 0.6 is 0 Å². The van der Waals surface area contributed by atoms with Crippen molar-refractivity contribution in [2.24, 2.45) is 0 Å². The highest BCUT2D eigenvalue weighted by molar-refractivity contribution is 5.67. The van der Waals surface area contributed by atoms with Crippen molar-refractivity contribution in [2.45, 2.75) is 6.54 Å². The smallest absolute Gasteiger partial charge is 0.152 e. The molecule has 0 radical (unpaired) electrons. The van der Waals surface area contributed by atoms with Gasteiger partial charge in [0, 0.05) is 18.9 Å². The van der Waals surface area contributed by atoms with Gasteiger partial charge in [0.2, 0.25) is 0 Å². The first-order chi connectivity index (χ1) is 9.78. The molecule has 0 bridgehead atoms. The van der Waals surface area contributed by atoms with Crippen LogP contribution in [0, 0.1) is 0 Å². The predicted molar refractivity (Wildman–Crippen MR) is 77.7 cm³/mol. The monoisotopic (exact) mass is 269 g/mol. The third kappa shape index (κ3) is 2.23. The third-order valence-electron chi connectivity index (χ3n) is 3.08. The van der Waals surface area contributed by atoms with Gasteiger partial charge >= 0.3 is 0 Å². The van der Waals surface area contributed by atoms with Crippen molar-refractivity contribution in [1.82, 2.24) is 14.6 Å². The summed E-state index contributed by atoms with van der Waals surface area (Å²) in [5.41, 5.74) is 8.52. The van der Waals surface area contributed by atoms with E-state index in [-0.39, 0.29) is 0 Å². The number of nitrogens with one attached hydrogen (secondary N) is 1. The van der Waals surface area contributed by atoms with Gasteiger partial charge in [-0.3, -0.25) is 0 Å². The summed E-state index contributed by atoms with van der Waals surface area (Å²) in [5, 5.41) is 7.46. The molecule has 0 saturated carbocycles. The number of anilines is 2. The molecule has 2 heterocycles. The van der Waals surface area contributed by atoms with E-state index >= 15 is 0 Å². The Hall–Kier alpha value is -2.76. The van der Waals surface area contributed by atoms with Gasteiger partial charge in [0.25, 0.3) is 0 Å². The number of aromatic nitrogens is 3. The van der Waals surface area contributed by atoms with E-state index in [1.807, 2.05) is 30.5 Å². The zero-order chi connectivity index (χ0) is 13.9. The maximum absolute atomic E-state index is 5.89. The largest absolute Gasteiger partial charge is 0.495 e. The molecule has 2 aromatic heterocycles. The minimum Gasteiger partial charge on any atom is -0.495 e. The molecule has 0 aliphatic heterocycles. The van der Waals surface area contributed by atoms with E-state index in [1.165, 1.54) is 0 Å². The zero-order valence-electron chi connectivity index (χ0n) is 11.1. The highest BCUT2D eigenvalue weighted by atomic mass is 16.5. The Labute approximate surface area is 116 Å². The molecule has 0 saturated heterocycles. The Bertz CT molecular complexity index is 737. The summed E-state index contributed by atoms with van der Waals surface area (Å²) in [6.45, 7) is 0.631. The first-order valence-corrected chi connectivity index (χ1v) is 6.22. The fourth-order valence-electron chi connectivity index (χ4n) is 2.07. The number of hydrogen-bond acceptors (Lipinski definition) is 5. The second kappa shape index (κ2) is 5.08. The molecule has 0 unspecified atom stereocenters. The van der Waals surface area contributed by atoms with Crippen molar-refractivity contribution in [3.8, 4) is 5.75 Å². The van der Waals surface area contributed by atoms with Crippen molar-refractivity contribution in [1.29, 1.82) is 0 Å². The van der Waals surface area contributed by atoms with Crippen LogP contribution in [0.2, 0.25) is 0 Å². The topological polar surface area (TPSA) is 77.5 Å². The molecule has 0 aliphatic carbocycles. The van der Waals surface area contributed by atoms with Gasteiger partial charge in [0.05, 0.1) is 19.0 Å². The molecule has 20 heavy (non-hydrogen) atoms. The number of nitrogens with zero attached hydrogens (tertiary/aromatic N) is 3. The third-order valence-corrected chi connectivity index (χ3v) is 3.08. The van der Waals surface area contributed by atoms with Crippen molar-refractivity contribution in [3.63, 3.8) is 0 Å². The maximum atomic E-state index is 5.89. The van der Waals surface area contributed by atoms with Crippen LogP contribution in [-0.2, 0) is 6.54 Å². The Balaban J connectivity index is 1.79. The van der Waals surface area contributed by atoms with Crippen molar-refractivity contribution in [3.05, 3.63) is 48.4 Å². The predicted octanol–water partition coefficient (Wildman–Crippen LogP) is 1.93. The molecular formula is C14H15N5O. The fourth-order valence-corrected chi connectivity index (χ4v) is 2.07. The van der Waals surface area contributed by atoms with Gasteiger partial charge in [-0.2, -0.15) is 5.10 Å². The van der Waals surface area contributed by atoms with Gasteiger partial charge in [-0.05, 0) is 23.8 Å². The van der Waals surface area contributed by atoms with E-state index in [4.69, 9.17) is 10.5 Å². The lowest BCUT2D eigenvalue weighted by molar-refractivity contribution is 0.417. The van der Waals surface area contributed by atoms with Gasteiger partial charge in [-0.1, -0.05) is 6.07 Å². The number of methoxy groups -OCH3 is 1. The molecule has 3 N–H and O–H groups in total. The number of nitrogens with two attached hydrogens (primary N) is 1. The molecule has 0 atom stereocenters. The van der Waals surface area contributed by atoms with Gasteiger partial charge in [0.15, 0.2) is 5.82 Å². The zero-order valence-corrected chi connectivity index (χ0v) is 11.1. The van der Waals surface area contributed by atoms with Crippen LogP contribution in [0.3, 0.4) is 0 Å². The summed E-state index contributed by atoms with van der Waals surface area (Å²) in [5.74, 6) is 1.48. The van der Waals surface area contributed by atoms with E-state index in [0.29, 0.717) is 18.0 Å². The number of hydrogen-bond donors (Lipinski definition) is 2. The average molecular weight is 269 g/mol. The molecule has 6 heteroatoms. The lowest BCUT2D eigenvalue weighted by Gasteiger charge is -2.09. The molecule has 0 spiro atoms. The van der Waals surface area contributed by atoms with E-state index in [9.17, 15) is 0 Å². The summed E-state index contributed by atoms with van der Waals surface area (Å²) in [4.78, 5) is 4.32. The molecule has 0 fully saturated rings. The second-order valence-corrected chi connectivity index (χ2v) is 4.37. The molecule has 3 aromatic rings. The number of rotatable bonds is 4. The lowest BCUT2D eigenvalue weighted by atomic mass is 10.2. The molecule has 102 valence electrons. The fraction of sp³-hybridized carbons (Fsp3) is 0.143. The van der Waals surface area contributed by atoms with Crippen LogP contribution in [0.25, 0.3) is 5.52 Å². The van der Waals surface area contributed by atoms with Crippen LogP contribution in [-0.4, -0.2) is 21.7 Å². The van der Waals surface area contributed by atoms with Gasteiger partial charge < -0.3 is 15.8 Å². The van der Waals surface area contributed by atoms with Crippen LogP contribution in [0.4, 0.5) is 11.5 Å². The van der Waals surface area contributed by atoms with Crippen LogP contribution in [0.15, 0.2) is 42.9 Å². The lowest BCUT2D eigenvalue weighted by Crippen LogP contribution is -2.04. The highest BCUT2D eigenvalue weighted by Gasteiger charge is 2.04. The Morgan fingerprint density at radius 3 is 3.00 bits per heavy atom. The highest BCUT2D eigenvalue weighted by Crippen LogP contribution is 2.22. The molecule has 3 rings (SSSR count). The van der Waals surface area contributed by atoms with Crippen molar-refractivity contribution < 1.29 is 4.74 Å². The summed E-state index contributed by atoms with van der Waals surface area (Å²) >= 11 is 0. The summed E-state index contributed by atoms with van der Waals surface area (Å²) < 4.78 is 6.92. The van der Waals surface area contributed by atoms with E-state index < -0.39 is 0 Å². The summed E-state index contributed by atoms with van der Waals surface area (Å²) in [6.07, 6.45) is 5.27. The SMILES string of the molecule is COc1ccc(CNc2nccn3nccc23)cc1N.